The summed E-state index contributed by atoms with van der Waals surface area (Å²) in [5.74, 6) is -2.07. The number of aromatic carboxylic acids is 1. The molecule has 5 aromatic rings. The van der Waals surface area contributed by atoms with Gasteiger partial charge in [0.05, 0.1) is 35.1 Å². The Morgan fingerprint density at radius 2 is 1.79 bits per heavy atom. The summed E-state index contributed by atoms with van der Waals surface area (Å²) in [5.41, 5.74) is 2.70. The van der Waals surface area contributed by atoms with Gasteiger partial charge in [-0.3, -0.25) is 4.79 Å². The third-order valence-electron chi connectivity index (χ3n) is 7.10. The lowest BCUT2D eigenvalue weighted by molar-refractivity contribution is 0.0695. The molecule has 218 valence electrons. The van der Waals surface area contributed by atoms with Crippen molar-refractivity contribution in [3.8, 4) is 28.3 Å². The maximum Gasteiger partial charge on any atom is 0.335 e. The lowest BCUT2D eigenvalue weighted by Gasteiger charge is -2.19. The standard InChI is InChI=1S/C32H32FN3O6/c1-17(2)29-28(21-8-6-18(30(39)40)13-26(21)38)22-15-24-19(16-34-36(24)31(41)32(3,4)5)12-25(22)35(29)23-9-7-20(33)14-27(23)42-11-10-37/h6-9,12-17,37-38H,10-11H2,1-5H3,(H,39,40). The van der Waals surface area contributed by atoms with Crippen LogP contribution in [0, 0.1) is 11.2 Å². The average molecular weight is 574 g/mol. The number of nitrogens with zero attached hydrogens (tertiary/aromatic N) is 3. The predicted molar refractivity (Wildman–Crippen MR) is 157 cm³/mol. The zero-order valence-electron chi connectivity index (χ0n) is 24.0. The van der Waals surface area contributed by atoms with Crippen molar-refractivity contribution in [1.82, 2.24) is 14.3 Å². The van der Waals surface area contributed by atoms with Crippen molar-refractivity contribution in [1.29, 1.82) is 0 Å². The van der Waals surface area contributed by atoms with E-state index in [9.17, 15) is 29.3 Å². The first-order valence-electron chi connectivity index (χ1n) is 13.5. The summed E-state index contributed by atoms with van der Waals surface area (Å²) >= 11 is 0. The number of rotatable bonds is 7. The van der Waals surface area contributed by atoms with Crippen molar-refractivity contribution in [2.45, 2.75) is 40.5 Å². The quantitative estimate of drug-likeness (QED) is 0.206. The van der Waals surface area contributed by atoms with Gasteiger partial charge in [-0.1, -0.05) is 34.6 Å². The fourth-order valence-corrected chi connectivity index (χ4v) is 5.22. The van der Waals surface area contributed by atoms with Gasteiger partial charge in [0.15, 0.2) is 0 Å². The molecule has 3 aromatic carbocycles. The number of fused-ring (bicyclic) bond motifs is 2. The second-order valence-corrected chi connectivity index (χ2v) is 11.5. The lowest BCUT2D eigenvalue weighted by atomic mass is 9.94. The largest absolute Gasteiger partial charge is 0.507 e. The van der Waals surface area contributed by atoms with E-state index in [-0.39, 0.29) is 42.1 Å². The molecular weight excluding hydrogens is 541 g/mol. The maximum absolute atomic E-state index is 14.4. The molecule has 10 heteroatoms. The highest BCUT2D eigenvalue weighted by atomic mass is 19.1. The van der Waals surface area contributed by atoms with Gasteiger partial charge in [0.2, 0.25) is 0 Å². The predicted octanol–water partition coefficient (Wildman–Crippen LogP) is 6.37. The Kier molecular flexibility index (Phi) is 7.28. The number of aliphatic hydroxyl groups is 1. The summed E-state index contributed by atoms with van der Waals surface area (Å²) in [5, 5.41) is 35.7. The van der Waals surface area contributed by atoms with E-state index in [0.717, 1.165) is 5.69 Å². The summed E-state index contributed by atoms with van der Waals surface area (Å²) in [7, 11) is 0. The molecule has 0 aliphatic rings. The molecule has 0 saturated heterocycles. The molecule has 0 atom stereocenters. The van der Waals surface area contributed by atoms with E-state index in [0.29, 0.717) is 38.6 Å². The number of phenols is 1. The van der Waals surface area contributed by atoms with Gasteiger partial charge in [-0.15, -0.1) is 0 Å². The number of hydrogen-bond donors (Lipinski definition) is 3. The van der Waals surface area contributed by atoms with Gasteiger partial charge < -0.3 is 24.6 Å². The topological polar surface area (TPSA) is 127 Å². The van der Waals surface area contributed by atoms with Crippen LogP contribution in [0.15, 0.2) is 54.7 Å². The Labute approximate surface area is 241 Å². The molecule has 0 spiro atoms. The van der Waals surface area contributed by atoms with Crippen LogP contribution in [0.3, 0.4) is 0 Å². The number of carbonyl (C=O) groups is 2. The number of phenolic OH excluding ortho intramolecular Hbond substituents is 1. The number of hydrogen-bond acceptors (Lipinski definition) is 6. The Balaban J connectivity index is 1.94. The first-order valence-corrected chi connectivity index (χ1v) is 13.5. The van der Waals surface area contributed by atoms with E-state index in [1.807, 2.05) is 51.3 Å². The Hall–Kier alpha value is -4.70. The normalized spacial score (nSPS) is 12.0. The first-order chi connectivity index (χ1) is 19.8. The summed E-state index contributed by atoms with van der Waals surface area (Å²) in [6, 6.07) is 12.0. The molecule has 9 nitrogen and oxygen atoms in total. The summed E-state index contributed by atoms with van der Waals surface area (Å²) in [4.78, 5) is 24.9. The van der Waals surface area contributed by atoms with Gasteiger partial charge in [0.25, 0.3) is 5.91 Å². The van der Waals surface area contributed by atoms with E-state index in [4.69, 9.17) is 4.74 Å². The third-order valence-corrected chi connectivity index (χ3v) is 7.10. The fraction of sp³-hybridized carbons (Fsp3) is 0.281. The molecule has 0 radical (unpaired) electrons. The number of aromatic nitrogens is 3. The van der Waals surface area contributed by atoms with Gasteiger partial charge in [-0.05, 0) is 48.4 Å². The monoisotopic (exact) mass is 573 g/mol. The van der Waals surface area contributed by atoms with E-state index in [1.165, 1.54) is 28.9 Å². The average Bonchev–Trinajstić information content (AvgIpc) is 3.48. The zero-order valence-corrected chi connectivity index (χ0v) is 24.0. The molecule has 0 saturated carbocycles. The first kappa shape index (κ1) is 28.8. The lowest BCUT2D eigenvalue weighted by Crippen LogP contribution is -2.27. The van der Waals surface area contributed by atoms with Crippen molar-refractivity contribution in [3.63, 3.8) is 0 Å². The number of carbonyl (C=O) groups excluding carboxylic acids is 1. The SMILES string of the molecule is CC(C)c1c(-c2ccc(C(=O)O)cc2O)c2cc3c(cnn3C(=O)C(C)(C)C)cc2n1-c1ccc(F)cc1OCCO. The van der Waals surface area contributed by atoms with Crippen molar-refractivity contribution in [3.05, 3.63) is 71.8 Å². The molecule has 42 heavy (non-hydrogen) atoms. The second kappa shape index (κ2) is 10.6. The molecule has 5 rings (SSSR count). The number of carboxylic acids is 1. The molecule has 0 aliphatic heterocycles. The second-order valence-electron chi connectivity index (χ2n) is 11.5. The maximum atomic E-state index is 14.4. The van der Waals surface area contributed by atoms with Crippen molar-refractivity contribution in [2.75, 3.05) is 13.2 Å². The van der Waals surface area contributed by atoms with Gasteiger partial charge in [0.1, 0.15) is 23.9 Å². The highest BCUT2D eigenvalue weighted by molar-refractivity contribution is 6.08. The van der Waals surface area contributed by atoms with Crippen LogP contribution in [0.1, 0.15) is 61.4 Å². The van der Waals surface area contributed by atoms with E-state index in [2.05, 4.69) is 5.10 Å². The van der Waals surface area contributed by atoms with Crippen LogP contribution < -0.4 is 4.74 Å². The van der Waals surface area contributed by atoms with Crippen LogP contribution >= 0.6 is 0 Å². The van der Waals surface area contributed by atoms with Crippen LogP contribution in [-0.2, 0) is 0 Å². The van der Waals surface area contributed by atoms with E-state index < -0.39 is 17.2 Å². The van der Waals surface area contributed by atoms with Gasteiger partial charge in [-0.25, -0.2) is 9.18 Å². The van der Waals surface area contributed by atoms with Crippen molar-refractivity contribution < 1.29 is 34.0 Å². The van der Waals surface area contributed by atoms with E-state index in [1.54, 1.807) is 18.3 Å². The molecule has 0 unspecified atom stereocenters. The fourth-order valence-electron chi connectivity index (χ4n) is 5.22. The highest BCUT2D eigenvalue weighted by Gasteiger charge is 2.29. The highest BCUT2D eigenvalue weighted by Crippen LogP contribution is 2.46. The molecule has 0 aliphatic carbocycles. The molecule has 2 aromatic heterocycles. The van der Waals surface area contributed by atoms with Crippen LogP contribution in [0.2, 0.25) is 0 Å². The number of benzene rings is 3. The number of halogens is 1. The zero-order chi connectivity index (χ0) is 30.5. The molecule has 0 amide bonds. The Morgan fingerprint density at radius 3 is 2.40 bits per heavy atom. The molecule has 2 heterocycles. The van der Waals surface area contributed by atoms with Crippen LogP contribution in [0.4, 0.5) is 4.39 Å². The summed E-state index contributed by atoms with van der Waals surface area (Å²) in [6.45, 7) is 9.05. The summed E-state index contributed by atoms with van der Waals surface area (Å²) < 4.78 is 23.4. The molecular formula is C32H32FN3O6. The van der Waals surface area contributed by atoms with Crippen molar-refractivity contribution in [2.24, 2.45) is 5.41 Å². The number of aromatic hydroxyl groups is 1. The number of aliphatic hydroxyl groups excluding tert-OH is 1. The Morgan fingerprint density at radius 1 is 1.05 bits per heavy atom. The van der Waals surface area contributed by atoms with Crippen LogP contribution in [-0.4, -0.2) is 54.8 Å². The van der Waals surface area contributed by atoms with Gasteiger partial charge >= 0.3 is 5.97 Å². The Bertz CT molecular complexity index is 1860. The summed E-state index contributed by atoms with van der Waals surface area (Å²) in [6.07, 6.45) is 1.61. The number of carboxylic acid groups (broad SMARTS) is 1. The van der Waals surface area contributed by atoms with Crippen LogP contribution in [0.25, 0.3) is 38.6 Å². The number of ether oxygens (including phenoxy) is 1. The van der Waals surface area contributed by atoms with E-state index >= 15 is 0 Å². The van der Waals surface area contributed by atoms with Gasteiger partial charge in [0, 0.05) is 39.1 Å². The van der Waals surface area contributed by atoms with Gasteiger partial charge in [-0.2, -0.15) is 9.78 Å². The van der Waals surface area contributed by atoms with Crippen molar-refractivity contribution >= 4 is 33.7 Å². The molecule has 0 bridgehead atoms. The minimum Gasteiger partial charge on any atom is -0.507 e. The molecule has 0 fully saturated rings. The minimum atomic E-state index is -1.17. The molecule has 3 N–H and O–H groups in total. The van der Waals surface area contributed by atoms with Crippen LogP contribution in [0.5, 0.6) is 11.5 Å². The smallest absolute Gasteiger partial charge is 0.335 e. The minimum absolute atomic E-state index is 0.0527. The third kappa shape index (κ3) is 4.87.